The Bertz CT molecular complexity index is 1010. The minimum Gasteiger partial charge on any atom is -0.466 e. The third kappa shape index (κ3) is 51.6. The van der Waals surface area contributed by atoms with Crippen molar-refractivity contribution in [3.63, 3.8) is 0 Å². The molecule has 0 aromatic carbocycles. The lowest BCUT2D eigenvalue weighted by molar-refractivity contribution is -0.143. The van der Waals surface area contributed by atoms with Crippen LogP contribution in [0.2, 0.25) is 0 Å². The maximum Gasteiger partial charge on any atom is 0.305 e. The largest absolute Gasteiger partial charge is 0.466 e. The predicted molar refractivity (Wildman–Crippen MR) is 283 cm³/mol. The molecule has 2 unspecified atom stereocenters. The van der Waals surface area contributed by atoms with Gasteiger partial charge >= 0.3 is 5.97 Å². The van der Waals surface area contributed by atoms with Crippen LogP contribution in [0, 0.1) is 0 Å². The second-order valence-corrected chi connectivity index (χ2v) is 20.0. The maximum absolute atomic E-state index is 12.4. The zero-order chi connectivity index (χ0) is 47.2. The van der Waals surface area contributed by atoms with Gasteiger partial charge in [0.1, 0.15) is 0 Å². The van der Waals surface area contributed by atoms with Crippen LogP contribution in [0.25, 0.3) is 0 Å². The van der Waals surface area contributed by atoms with Gasteiger partial charge in [-0.05, 0) is 57.8 Å². The second kappa shape index (κ2) is 54.9. The van der Waals surface area contributed by atoms with Crippen LogP contribution >= 0.6 is 0 Å². The van der Waals surface area contributed by atoms with Crippen molar-refractivity contribution in [2.24, 2.45) is 0 Å². The molecule has 0 fully saturated rings. The summed E-state index contributed by atoms with van der Waals surface area (Å²) in [5.74, 6) is -0.0683. The number of ether oxygens (including phenoxy) is 1. The Morgan fingerprint density at radius 1 is 0.415 bits per heavy atom. The Labute approximate surface area is 405 Å². The van der Waals surface area contributed by atoms with Crippen LogP contribution in [-0.2, 0) is 14.3 Å². The van der Waals surface area contributed by atoms with Gasteiger partial charge in [0.2, 0.25) is 5.91 Å². The van der Waals surface area contributed by atoms with Gasteiger partial charge in [0.25, 0.3) is 0 Å². The molecule has 384 valence electrons. The van der Waals surface area contributed by atoms with E-state index in [1.807, 2.05) is 6.08 Å². The number of hydrogen-bond acceptors (Lipinski definition) is 5. The van der Waals surface area contributed by atoms with Crippen LogP contribution in [0.5, 0.6) is 0 Å². The van der Waals surface area contributed by atoms with Crippen molar-refractivity contribution in [2.45, 2.75) is 328 Å². The molecule has 0 aromatic rings. The van der Waals surface area contributed by atoms with E-state index in [1.54, 1.807) is 6.08 Å². The molecule has 0 aliphatic rings. The molecule has 3 N–H and O–H groups in total. The molecule has 0 radical (unpaired) electrons. The van der Waals surface area contributed by atoms with E-state index in [1.165, 1.54) is 244 Å². The number of allylic oxidation sites excluding steroid dienone is 3. The Hall–Kier alpha value is -1.66. The van der Waals surface area contributed by atoms with E-state index in [2.05, 4.69) is 31.3 Å². The summed E-state index contributed by atoms with van der Waals surface area (Å²) in [4.78, 5) is 24.5. The molecule has 0 spiro atoms. The number of hydrogen-bond donors (Lipinski definition) is 3. The Kier molecular flexibility index (Phi) is 53.5. The van der Waals surface area contributed by atoms with Crippen molar-refractivity contribution < 1.29 is 24.5 Å². The van der Waals surface area contributed by atoms with Crippen molar-refractivity contribution in [3.05, 3.63) is 24.3 Å². The topological polar surface area (TPSA) is 95.9 Å². The van der Waals surface area contributed by atoms with Gasteiger partial charge in [-0.15, -0.1) is 0 Å². The van der Waals surface area contributed by atoms with Crippen molar-refractivity contribution in [2.75, 3.05) is 13.2 Å². The van der Waals surface area contributed by atoms with Crippen LogP contribution in [0.15, 0.2) is 24.3 Å². The number of rotatable bonds is 54. The molecule has 65 heavy (non-hydrogen) atoms. The molecule has 6 heteroatoms. The molecule has 0 aliphatic carbocycles. The first kappa shape index (κ1) is 63.3. The van der Waals surface area contributed by atoms with Gasteiger partial charge in [-0.25, -0.2) is 0 Å². The van der Waals surface area contributed by atoms with Crippen molar-refractivity contribution in [3.8, 4) is 0 Å². The highest BCUT2D eigenvalue weighted by Crippen LogP contribution is 2.17. The number of carbonyl (C=O) groups excluding carboxylic acids is 2. The van der Waals surface area contributed by atoms with E-state index in [0.717, 1.165) is 44.9 Å². The monoisotopic (exact) mass is 916 g/mol. The van der Waals surface area contributed by atoms with Crippen LogP contribution in [0.3, 0.4) is 0 Å². The van der Waals surface area contributed by atoms with E-state index in [0.29, 0.717) is 19.4 Å². The van der Waals surface area contributed by atoms with Gasteiger partial charge in [0.15, 0.2) is 0 Å². The number of unbranched alkanes of at least 4 members (excludes halogenated alkanes) is 41. The average molecular weight is 917 g/mol. The van der Waals surface area contributed by atoms with Crippen LogP contribution in [0.1, 0.15) is 316 Å². The van der Waals surface area contributed by atoms with Gasteiger partial charge in [-0.2, -0.15) is 0 Å². The van der Waals surface area contributed by atoms with Gasteiger partial charge in [-0.3, -0.25) is 9.59 Å². The average Bonchev–Trinajstić information content (AvgIpc) is 3.31. The van der Waals surface area contributed by atoms with E-state index < -0.39 is 12.1 Å². The standard InChI is InChI=1S/C59H113NO5/c1-3-5-7-9-11-13-15-17-24-28-31-35-39-43-47-51-57(62)56(55-61)60-58(63)52-48-44-40-36-32-29-25-22-20-18-19-21-23-26-30-34-38-42-46-50-54-65-59(64)53-49-45-41-37-33-27-16-14-12-10-8-6-4-2/h18,20,47,51,56-57,61-62H,3-17,19,21-46,48-50,52-55H2,1-2H3,(H,60,63)/b20-18-,51-47+. The zero-order valence-electron chi connectivity index (χ0n) is 43.7. The van der Waals surface area contributed by atoms with Gasteiger partial charge in [-0.1, -0.05) is 269 Å². The molecule has 1 amide bonds. The quantitative estimate of drug-likeness (QED) is 0.0321. The molecule has 0 aromatic heterocycles. The number of esters is 1. The highest BCUT2D eigenvalue weighted by molar-refractivity contribution is 5.76. The summed E-state index contributed by atoms with van der Waals surface area (Å²) in [6.45, 7) is 4.91. The lowest BCUT2D eigenvalue weighted by Gasteiger charge is -2.20. The van der Waals surface area contributed by atoms with Crippen LogP contribution in [0.4, 0.5) is 0 Å². The predicted octanol–water partition coefficient (Wildman–Crippen LogP) is 17.9. The van der Waals surface area contributed by atoms with Gasteiger partial charge < -0.3 is 20.3 Å². The smallest absolute Gasteiger partial charge is 0.305 e. The van der Waals surface area contributed by atoms with E-state index in [4.69, 9.17) is 4.74 Å². The summed E-state index contributed by atoms with van der Waals surface area (Å²) in [7, 11) is 0. The Morgan fingerprint density at radius 3 is 1.09 bits per heavy atom. The number of aliphatic hydroxyl groups is 2. The van der Waals surface area contributed by atoms with E-state index in [9.17, 15) is 19.8 Å². The van der Waals surface area contributed by atoms with E-state index in [-0.39, 0.29) is 18.5 Å². The SMILES string of the molecule is CCCCCCCCCCCCCCC/C=C/C(O)C(CO)NC(=O)CCCCCCCCC/C=C\CCCCCCCCCCCOC(=O)CCCCCCCCCCCCCCC. The molecule has 2 atom stereocenters. The second-order valence-electron chi connectivity index (χ2n) is 20.0. The maximum atomic E-state index is 12.4. The molecular weight excluding hydrogens is 803 g/mol. The summed E-state index contributed by atoms with van der Waals surface area (Å²) in [6, 6.07) is -0.633. The minimum atomic E-state index is -0.849. The third-order valence-corrected chi connectivity index (χ3v) is 13.5. The lowest BCUT2D eigenvalue weighted by Crippen LogP contribution is -2.45. The third-order valence-electron chi connectivity index (χ3n) is 13.5. The molecule has 6 nitrogen and oxygen atoms in total. The van der Waals surface area contributed by atoms with Crippen molar-refractivity contribution in [1.29, 1.82) is 0 Å². The number of nitrogens with one attached hydrogen (secondary N) is 1. The Balaban J connectivity index is 3.45. The fourth-order valence-electron chi connectivity index (χ4n) is 8.98. The number of carbonyl (C=O) groups is 2. The fourth-order valence-corrected chi connectivity index (χ4v) is 8.98. The summed E-state index contributed by atoms with van der Waals surface area (Å²) in [6.07, 6.45) is 66.3. The first-order chi connectivity index (χ1) is 32.0. The first-order valence-corrected chi connectivity index (χ1v) is 29.1. The van der Waals surface area contributed by atoms with Crippen molar-refractivity contribution in [1.82, 2.24) is 5.32 Å². The summed E-state index contributed by atoms with van der Waals surface area (Å²) >= 11 is 0. The molecular formula is C59H113NO5. The highest BCUT2D eigenvalue weighted by Gasteiger charge is 2.18. The number of amides is 1. The zero-order valence-corrected chi connectivity index (χ0v) is 43.7. The lowest BCUT2D eigenvalue weighted by atomic mass is 10.0. The molecule has 0 bridgehead atoms. The van der Waals surface area contributed by atoms with Gasteiger partial charge in [0.05, 0.1) is 25.4 Å². The number of aliphatic hydroxyl groups excluding tert-OH is 2. The summed E-state index contributed by atoms with van der Waals surface area (Å²) in [5, 5.41) is 23.1. The minimum absolute atomic E-state index is 0.00714. The van der Waals surface area contributed by atoms with Gasteiger partial charge in [0, 0.05) is 12.8 Å². The summed E-state index contributed by atoms with van der Waals surface area (Å²) in [5.41, 5.74) is 0. The first-order valence-electron chi connectivity index (χ1n) is 29.1. The van der Waals surface area contributed by atoms with Crippen molar-refractivity contribution >= 4 is 11.9 Å². The molecule has 0 saturated heterocycles. The van der Waals surface area contributed by atoms with Crippen LogP contribution < -0.4 is 5.32 Å². The normalized spacial score (nSPS) is 12.7. The molecule has 0 rings (SSSR count). The van der Waals surface area contributed by atoms with Crippen LogP contribution in [-0.4, -0.2) is 47.4 Å². The molecule has 0 aliphatic heterocycles. The highest BCUT2D eigenvalue weighted by atomic mass is 16.5. The Morgan fingerprint density at radius 2 is 0.723 bits per heavy atom. The summed E-state index contributed by atoms with van der Waals surface area (Å²) < 4.78 is 5.47. The molecule has 0 saturated carbocycles. The fraction of sp³-hybridized carbons (Fsp3) is 0.898. The van der Waals surface area contributed by atoms with E-state index >= 15 is 0 Å². The molecule has 0 heterocycles.